The molecule has 0 spiro atoms. The van der Waals surface area contributed by atoms with Crippen LogP contribution < -0.4 is 4.90 Å². The Morgan fingerprint density at radius 2 is 1.84 bits per heavy atom. The molecule has 1 heterocycles. The van der Waals surface area contributed by atoms with Gasteiger partial charge in [-0.2, -0.15) is 0 Å². The fourth-order valence-corrected chi connectivity index (χ4v) is 2.19. The number of rotatable bonds is 3. The number of piperazine rings is 1. The maximum atomic E-state index is 11.7. The van der Waals surface area contributed by atoms with Gasteiger partial charge in [-0.05, 0) is 17.7 Å². The van der Waals surface area contributed by atoms with Crippen molar-refractivity contribution in [3.05, 3.63) is 29.8 Å². The van der Waals surface area contributed by atoms with Crippen molar-refractivity contribution >= 4 is 11.6 Å². The predicted molar refractivity (Wildman–Crippen MR) is 76.4 cm³/mol. The lowest BCUT2D eigenvalue weighted by Crippen LogP contribution is -2.48. The first-order valence-corrected chi connectivity index (χ1v) is 6.64. The quantitative estimate of drug-likeness (QED) is 0.891. The molecule has 19 heavy (non-hydrogen) atoms. The SMILES string of the molecule is CN1CCN(c2ccc(C(C)(C)CO)cc2)CC1=O. The minimum atomic E-state index is -0.226. The van der Waals surface area contributed by atoms with Crippen molar-refractivity contribution in [3.63, 3.8) is 0 Å². The number of aliphatic hydroxyl groups excluding tert-OH is 1. The highest BCUT2D eigenvalue weighted by molar-refractivity contribution is 5.82. The number of aliphatic hydroxyl groups is 1. The van der Waals surface area contributed by atoms with Crippen LogP contribution >= 0.6 is 0 Å². The highest BCUT2D eigenvalue weighted by Gasteiger charge is 2.22. The molecule has 4 nitrogen and oxygen atoms in total. The van der Waals surface area contributed by atoms with Crippen molar-refractivity contribution in [1.29, 1.82) is 0 Å². The summed E-state index contributed by atoms with van der Waals surface area (Å²) >= 11 is 0. The molecule has 0 aliphatic carbocycles. The Morgan fingerprint density at radius 1 is 1.21 bits per heavy atom. The molecular weight excluding hydrogens is 240 g/mol. The van der Waals surface area contributed by atoms with Crippen LogP contribution in [-0.4, -0.2) is 49.2 Å². The van der Waals surface area contributed by atoms with Crippen molar-refractivity contribution in [1.82, 2.24) is 4.90 Å². The second kappa shape index (κ2) is 5.21. The van der Waals surface area contributed by atoms with E-state index in [2.05, 4.69) is 4.90 Å². The zero-order valence-electron chi connectivity index (χ0n) is 11.9. The summed E-state index contributed by atoms with van der Waals surface area (Å²) < 4.78 is 0. The average molecular weight is 262 g/mol. The topological polar surface area (TPSA) is 43.8 Å². The zero-order valence-corrected chi connectivity index (χ0v) is 11.9. The Morgan fingerprint density at radius 3 is 2.37 bits per heavy atom. The van der Waals surface area contributed by atoms with Crippen molar-refractivity contribution in [3.8, 4) is 0 Å². The lowest BCUT2D eigenvalue weighted by molar-refractivity contribution is -0.129. The van der Waals surface area contributed by atoms with E-state index in [4.69, 9.17) is 0 Å². The molecule has 1 aliphatic heterocycles. The maximum absolute atomic E-state index is 11.7. The van der Waals surface area contributed by atoms with E-state index in [0.717, 1.165) is 24.3 Å². The van der Waals surface area contributed by atoms with Crippen LogP contribution in [0.4, 0.5) is 5.69 Å². The van der Waals surface area contributed by atoms with Crippen LogP contribution in [0.3, 0.4) is 0 Å². The second-order valence-electron chi connectivity index (χ2n) is 5.83. The van der Waals surface area contributed by atoms with Crippen LogP contribution in [0.2, 0.25) is 0 Å². The molecule has 2 rings (SSSR count). The Bertz CT molecular complexity index is 454. The number of hydrogen-bond acceptors (Lipinski definition) is 3. The average Bonchev–Trinajstić information content (AvgIpc) is 2.42. The molecule has 1 fully saturated rings. The second-order valence-corrected chi connectivity index (χ2v) is 5.83. The highest BCUT2D eigenvalue weighted by atomic mass is 16.3. The summed E-state index contributed by atoms with van der Waals surface area (Å²) in [7, 11) is 1.84. The smallest absolute Gasteiger partial charge is 0.241 e. The van der Waals surface area contributed by atoms with E-state index in [1.165, 1.54) is 0 Å². The van der Waals surface area contributed by atoms with Gasteiger partial charge in [-0.3, -0.25) is 4.79 Å². The minimum Gasteiger partial charge on any atom is -0.395 e. The Labute approximate surface area is 114 Å². The lowest BCUT2D eigenvalue weighted by atomic mass is 9.85. The number of carbonyl (C=O) groups is 1. The fraction of sp³-hybridized carbons (Fsp3) is 0.533. The first-order chi connectivity index (χ1) is 8.94. The van der Waals surface area contributed by atoms with Gasteiger partial charge in [0.05, 0.1) is 13.2 Å². The van der Waals surface area contributed by atoms with Crippen molar-refractivity contribution in [2.75, 3.05) is 38.2 Å². The Kier molecular flexibility index (Phi) is 3.80. The largest absolute Gasteiger partial charge is 0.395 e. The molecule has 0 saturated carbocycles. The van der Waals surface area contributed by atoms with E-state index in [1.54, 1.807) is 4.90 Å². The minimum absolute atomic E-state index is 0.124. The first kappa shape index (κ1) is 13.9. The van der Waals surface area contributed by atoms with Crippen molar-refractivity contribution in [2.24, 2.45) is 0 Å². The number of benzene rings is 1. The van der Waals surface area contributed by atoms with Gasteiger partial charge in [0.2, 0.25) is 5.91 Å². The summed E-state index contributed by atoms with van der Waals surface area (Å²) in [4.78, 5) is 15.6. The summed E-state index contributed by atoms with van der Waals surface area (Å²) in [5.74, 6) is 0.158. The summed E-state index contributed by atoms with van der Waals surface area (Å²) in [6.45, 7) is 6.23. The molecule has 1 N–H and O–H groups in total. The van der Waals surface area contributed by atoms with Gasteiger partial charge < -0.3 is 14.9 Å². The summed E-state index contributed by atoms with van der Waals surface area (Å²) in [6.07, 6.45) is 0. The molecule has 1 saturated heterocycles. The van der Waals surface area contributed by atoms with Crippen molar-refractivity contribution < 1.29 is 9.90 Å². The van der Waals surface area contributed by atoms with Gasteiger partial charge >= 0.3 is 0 Å². The van der Waals surface area contributed by atoms with Crippen molar-refractivity contribution in [2.45, 2.75) is 19.3 Å². The van der Waals surface area contributed by atoms with Crippen LogP contribution in [0.25, 0.3) is 0 Å². The normalized spacial score (nSPS) is 16.9. The molecule has 0 atom stereocenters. The number of hydrogen-bond donors (Lipinski definition) is 1. The van der Waals surface area contributed by atoms with Gasteiger partial charge in [0.1, 0.15) is 0 Å². The molecule has 0 unspecified atom stereocenters. The summed E-state index contributed by atoms with van der Waals surface area (Å²) in [5, 5.41) is 9.37. The third-order valence-corrected chi connectivity index (χ3v) is 3.87. The molecule has 1 amide bonds. The van der Waals surface area contributed by atoms with E-state index in [1.807, 2.05) is 45.2 Å². The molecule has 1 aromatic rings. The Hall–Kier alpha value is -1.55. The standard InChI is InChI=1S/C15H22N2O2/c1-15(2,11-18)12-4-6-13(7-5-12)17-9-8-16(3)14(19)10-17/h4-7,18H,8-11H2,1-3H3. The molecule has 1 aromatic carbocycles. The monoisotopic (exact) mass is 262 g/mol. The van der Waals surface area contributed by atoms with Crippen LogP contribution in [0.5, 0.6) is 0 Å². The number of carbonyl (C=O) groups excluding carboxylic acids is 1. The predicted octanol–water partition coefficient (Wildman–Crippen LogP) is 1.23. The molecule has 0 radical (unpaired) electrons. The third kappa shape index (κ3) is 2.89. The molecule has 4 heteroatoms. The third-order valence-electron chi connectivity index (χ3n) is 3.87. The van der Waals surface area contributed by atoms with Gasteiger partial charge in [-0.1, -0.05) is 26.0 Å². The number of nitrogens with zero attached hydrogens (tertiary/aromatic N) is 2. The fourth-order valence-electron chi connectivity index (χ4n) is 2.19. The molecule has 0 aromatic heterocycles. The molecule has 104 valence electrons. The lowest BCUT2D eigenvalue weighted by Gasteiger charge is -2.34. The van der Waals surface area contributed by atoms with Gasteiger partial charge in [-0.25, -0.2) is 0 Å². The van der Waals surface area contributed by atoms with E-state index in [9.17, 15) is 9.90 Å². The summed E-state index contributed by atoms with van der Waals surface area (Å²) in [5.41, 5.74) is 1.95. The molecule has 1 aliphatic rings. The van der Waals surface area contributed by atoms with Crippen LogP contribution in [0, 0.1) is 0 Å². The van der Waals surface area contributed by atoms with Gasteiger partial charge in [0.25, 0.3) is 0 Å². The highest BCUT2D eigenvalue weighted by Crippen LogP contribution is 2.25. The molecule has 0 bridgehead atoms. The maximum Gasteiger partial charge on any atom is 0.241 e. The van der Waals surface area contributed by atoms with E-state index >= 15 is 0 Å². The van der Waals surface area contributed by atoms with Crippen LogP contribution in [0.15, 0.2) is 24.3 Å². The summed E-state index contributed by atoms with van der Waals surface area (Å²) in [6, 6.07) is 8.14. The van der Waals surface area contributed by atoms with E-state index in [0.29, 0.717) is 6.54 Å². The van der Waals surface area contributed by atoms with Gasteiger partial charge in [0, 0.05) is 31.2 Å². The number of anilines is 1. The van der Waals surface area contributed by atoms with Crippen LogP contribution in [-0.2, 0) is 10.2 Å². The zero-order chi connectivity index (χ0) is 14.0. The number of likely N-dealkylation sites (N-methyl/N-ethyl adjacent to an activating group) is 1. The van der Waals surface area contributed by atoms with E-state index in [-0.39, 0.29) is 17.9 Å². The van der Waals surface area contributed by atoms with Gasteiger partial charge in [-0.15, -0.1) is 0 Å². The first-order valence-electron chi connectivity index (χ1n) is 6.64. The van der Waals surface area contributed by atoms with Crippen LogP contribution in [0.1, 0.15) is 19.4 Å². The Balaban J connectivity index is 2.13. The number of amides is 1. The molecular formula is C15H22N2O2. The van der Waals surface area contributed by atoms with Gasteiger partial charge in [0.15, 0.2) is 0 Å². The van der Waals surface area contributed by atoms with E-state index < -0.39 is 0 Å².